The van der Waals surface area contributed by atoms with E-state index in [1.807, 2.05) is 0 Å². The van der Waals surface area contributed by atoms with Gasteiger partial charge in [0.15, 0.2) is 9.84 Å². The average Bonchev–Trinajstić information content (AvgIpc) is 3.36. The zero-order chi connectivity index (χ0) is 20.8. The Morgan fingerprint density at radius 2 is 2.00 bits per heavy atom. The van der Waals surface area contributed by atoms with Crippen molar-refractivity contribution in [2.45, 2.75) is 18.0 Å². The number of sulfone groups is 1. The summed E-state index contributed by atoms with van der Waals surface area (Å²) in [4.78, 5) is 15.7. The lowest BCUT2D eigenvalue weighted by Gasteiger charge is -2.09. The van der Waals surface area contributed by atoms with Crippen LogP contribution in [0.1, 0.15) is 12.7 Å². The van der Waals surface area contributed by atoms with Gasteiger partial charge in [0.1, 0.15) is 10.7 Å². The van der Waals surface area contributed by atoms with Crippen LogP contribution in [0.25, 0.3) is 27.7 Å². The zero-order valence-corrected chi connectivity index (χ0v) is 16.3. The van der Waals surface area contributed by atoms with E-state index in [2.05, 4.69) is 25.0 Å². The van der Waals surface area contributed by atoms with Crippen LogP contribution in [0.3, 0.4) is 0 Å². The summed E-state index contributed by atoms with van der Waals surface area (Å²) in [7, 11) is -3.71. The average molecular weight is 440 g/mol. The van der Waals surface area contributed by atoms with Gasteiger partial charge in [0.2, 0.25) is 0 Å². The van der Waals surface area contributed by atoms with Crippen molar-refractivity contribution in [3.8, 4) is 22.0 Å². The Kier molecular flexibility index (Phi) is 4.58. The number of thiazole rings is 1. The van der Waals surface area contributed by atoms with Crippen LogP contribution in [0.2, 0.25) is 0 Å². The first-order valence-corrected chi connectivity index (χ1v) is 10.7. The van der Waals surface area contributed by atoms with Crippen molar-refractivity contribution in [2.24, 2.45) is 0 Å². The molecule has 13 heteroatoms. The summed E-state index contributed by atoms with van der Waals surface area (Å²) in [6.45, 7) is 1.49. The maximum Gasteiger partial charge on any atom is 0.453 e. The van der Waals surface area contributed by atoms with Crippen molar-refractivity contribution in [1.29, 1.82) is 0 Å². The molecule has 0 aromatic carbocycles. The molecule has 4 aromatic rings. The van der Waals surface area contributed by atoms with Crippen LogP contribution in [0.4, 0.5) is 13.2 Å². The molecule has 0 aliphatic heterocycles. The third kappa shape index (κ3) is 3.58. The first kappa shape index (κ1) is 19.4. The van der Waals surface area contributed by atoms with Gasteiger partial charge in [-0.1, -0.05) is 6.92 Å². The molecule has 150 valence electrons. The van der Waals surface area contributed by atoms with Crippen LogP contribution in [-0.2, 0) is 16.0 Å². The Balaban J connectivity index is 1.89. The molecule has 0 fully saturated rings. The molecule has 0 aliphatic rings. The molecule has 0 radical (unpaired) electrons. The summed E-state index contributed by atoms with van der Waals surface area (Å²) < 4.78 is 64.7. The van der Waals surface area contributed by atoms with Crippen LogP contribution in [-0.4, -0.2) is 43.7 Å². The van der Waals surface area contributed by atoms with Gasteiger partial charge in [0.25, 0.3) is 11.6 Å². The molecule has 0 aliphatic carbocycles. The second-order valence-electron chi connectivity index (χ2n) is 5.80. The summed E-state index contributed by atoms with van der Waals surface area (Å²) in [6.07, 6.45) is -0.475. The van der Waals surface area contributed by atoms with Gasteiger partial charge in [-0.25, -0.2) is 22.9 Å². The van der Waals surface area contributed by atoms with E-state index in [1.54, 1.807) is 11.6 Å². The van der Waals surface area contributed by atoms with Crippen LogP contribution in [0.5, 0.6) is 0 Å². The molecular formula is C16H11F3N6O2S2. The third-order valence-corrected chi connectivity index (χ3v) is 6.51. The number of fused-ring (bicyclic) bond motifs is 1. The van der Waals surface area contributed by atoms with E-state index in [4.69, 9.17) is 0 Å². The van der Waals surface area contributed by atoms with Gasteiger partial charge in [0.05, 0.1) is 16.3 Å². The van der Waals surface area contributed by atoms with Crippen molar-refractivity contribution >= 4 is 27.0 Å². The monoisotopic (exact) mass is 440 g/mol. The lowest BCUT2D eigenvalue weighted by molar-refractivity contribution is -0.144. The maximum atomic E-state index is 12.8. The fourth-order valence-corrected chi connectivity index (χ4v) is 4.23. The molecule has 0 unspecified atom stereocenters. The number of aromatic nitrogens is 6. The lowest BCUT2D eigenvalue weighted by atomic mass is 10.2. The Morgan fingerprint density at radius 3 is 2.66 bits per heavy atom. The number of hydrogen-bond acceptors (Lipinski definition) is 8. The van der Waals surface area contributed by atoms with E-state index < -0.39 is 21.8 Å². The van der Waals surface area contributed by atoms with E-state index >= 15 is 0 Å². The normalized spacial score (nSPS) is 12.6. The summed E-state index contributed by atoms with van der Waals surface area (Å²) >= 11 is 1.32. The van der Waals surface area contributed by atoms with Gasteiger partial charge >= 0.3 is 6.18 Å². The van der Waals surface area contributed by atoms with Gasteiger partial charge < -0.3 is 0 Å². The molecule has 4 rings (SSSR count). The molecule has 4 heterocycles. The van der Waals surface area contributed by atoms with Gasteiger partial charge in [-0.2, -0.15) is 18.2 Å². The number of hydrogen-bond donors (Lipinski definition) is 0. The van der Waals surface area contributed by atoms with Crippen LogP contribution < -0.4 is 0 Å². The molecule has 0 spiro atoms. The molecule has 0 N–H and O–H groups in total. The van der Waals surface area contributed by atoms with Crippen molar-refractivity contribution in [3.63, 3.8) is 0 Å². The van der Waals surface area contributed by atoms with E-state index in [-0.39, 0.29) is 27.8 Å². The number of halogens is 3. The highest BCUT2D eigenvalue weighted by Crippen LogP contribution is 2.31. The molecule has 0 saturated heterocycles. The van der Waals surface area contributed by atoms with E-state index in [0.29, 0.717) is 10.6 Å². The van der Waals surface area contributed by atoms with Gasteiger partial charge in [-0.05, 0) is 12.1 Å². The Morgan fingerprint density at radius 1 is 1.21 bits per heavy atom. The van der Waals surface area contributed by atoms with Crippen molar-refractivity contribution in [2.75, 3.05) is 5.75 Å². The predicted octanol–water partition coefficient (Wildman–Crippen LogP) is 3.12. The van der Waals surface area contributed by atoms with Crippen molar-refractivity contribution < 1.29 is 21.6 Å². The van der Waals surface area contributed by atoms with Crippen LogP contribution in [0.15, 0.2) is 41.0 Å². The quantitative estimate of drug-likeness (QED) is 0.480. The van der Waals surface area contributed by atoms with Crippen LogP contribution >= 0.6 is 11.3 Å². The molecule has 0 saturated carbocycles. The van der Waals surface area contributed by atoms with Crippen molar-refractivity contribution in [1.82, 2.24) is 29.5 Å². The minimum Gasteiger partial charge on any atom is -0.252 e. The van der Waals surface area contributed by atoms with Gasteiger partial charge in [-0.15, -0.1) is 16.4 Å². The number of rotatable bonds is 4. The first-order valence-electron chi connectivity index (χ1n) is 8.12. The largest absolute Gasteiger partial charge is 0.453 e. The maximum absolute atomic E-state index is 12.8. The minimum atomic E-state index is -4.72. The number of alkyl halides is 3. The standard InChI is InChI=1S/C16H11F3N6O2S2/c1-2-29(26,27)11-7-9(13-20-4-6-28-13)8-21-12(11)10-3-5-25-15(22-10)23-14(24-25)16(17,18)19/h3-8H,2H2,1H3. The van der Waals surface area contributed by atoms with Gasteiger partial charge in [0, 0.05) is 29.5 Å². The number of nitrogens with zero attached hydrogens (tertiary/aromatic N) is 6. The summed E-state index contributed by atoms with van der Waals surface area (Å²) in [5, 5.41) is 5.66. The SMILES string of the molecule is CCS(=O)(=O)c1cc(-c2nccs2)cnc1-c1ccn2nc(C(F)(F)F)nc2n1. The predicted molar refractivity (Wildman–Crippen MR) is 97.8 cm³/mol. The second kappa shape index (κ2) is 6.84. The number of pyridine rings is 1. The molecular weight excluding hydrogens is 429 g/mol. The van der Waals surface area contributed by atoms with E-state index in [9.17, 15) is 21.6 Å². The fraction of sp³-hybridized carbons (Fsp3) is 0.188. The minimum absolute atomic E-state index is 0.0196. The summed E-state index contributed by atoms with van der Waals surface area (Å²) in [5.74, 6) is -1.84. The Hall–Kier alpha value is -2.93. The first-order chi connectivity index (χ1) is 13.7. The smallest absolute Gasteiger partial charge is 0.252 e. The fourth-order valence-electron chi connectivity index (χ4n) is 2.54. The lowest BCUT2D eigenvalue weighted by Crippen LogP contribution is -2.08. The van der Waals surface area contributed by atoms with Crippen LogP contribution in [0, 0.1) is 0 Å². The van der Waals surface area contributed by atoms with E-state index in [1.165, 1.54) is 42.8 Å². The van der Waals surface area contributed by atoms with Crippen molar-refractivity contribution in [3.05, 3.63) is 41.9 Å². The highest BCUT2D eigenvalue weighted by Gasteiger charge is 2.36. The molecule has 4 aromatic heterocycles. The highest BCUT2D eigenvalue weighted by atomic mass is 32.2. The third-order valence-electron chi connectivity index (χ3n) is 3.95. The topological polar surface area (TPSA) is 103 Å². The summed E-state index contributed by atoms with van der Waals surface area (Å²) in [5.41, 5.74) is 0.598. The summed E-state index contributed by atoms with van der Waals surface area (Å²) in [6, 6.07) is 2.78. The highest BCUT2D eigenvalue weighted by molar-refractivity contribution is 7.91. The van der Waals surface area contributed by atoms with E-state index in [0.717, 1.165) is 4.52 Å². The Labute approximate surface area is 166 Å². The molecule has 8 nitrogen and oxygen atoms in total. The molecule has 0 bridgehead atoms. The Bertz CT molecular complexity index is 1300. The molecule has 29 heavy (non-hydrogen) atoms. The molecule has 0 atom stereocenters. The molecule has 0 amide bonds. The zero-order valence-electron chi connectivity index (χ0n) is 14.6. The van der Waals surface area contributed by atoms with Gasteiger partial charge in [-0.3, -0.25) is 4.98 Å². The second-order valence-corrected chi connectivity index (χ2v) is 8.94.